The lowest BCUT2D eigenvalue weighted by atomic mass is 10.1. The molecule has 1 amide bonds. The van der Waals surface area contributed by atoms with Crippen molar-refractivity contribution in [2.24, 2.45) is 0 Å². The summed E-state index contributed by atoms with van der Waals surface area (Å²) in [7, 11) is -3.18. The molecule has 1 N–H and O–H groups in total. The van der Waals surface area contributed by atoms with Crippen LogP contribution in [0.15, 0.2) is 35.4 Å². The molecule has 9 heteroatoms. The van der Waals surface area contributed by atoms with E-state index in [2.05, 4.69) is 9.71 Å². The zero-order valence-electron chi connectivity index (χ0n) is 15.1. The molecule has 1 heterocycles. The summed E-state index contributed by atoms with van der Waals surface area (Å²) in [6.45, 7) is 0. The number of carbonyl (C=O) groups is 1. The molecule has 1 aromatic heterocycles. The van der Waals surface area contributed by atoms with Crippen molar-refractivity contribution < 1.29 is 13.2 Å². The molecule has 5 nitrogen and oxygen atoms in total. The number of thiazole rings is 1. The van der Waals surface area contributed by atoms with E-state index in [1.165, 1.54) is 23.3 Å². The normalized spacial score (nSPS) is 22.3. The second kappa shape index (κ2) is 8.34. The first kappa shape index (κ1) is 20.2. The Morgan fingerprint density at radius 3 is 2.61 bits per heavy atom. The molecule has 2 fully saturated rings. The monoisotopic (exact) mass is 456 g/mol. The van der Waals surface area contributed by atoms with Gasteiger partial charge < -0.3 is 0 Å². The largest absolute Gasteiger partial charge is 0.300 e. The Morgan fingerprint density at radius 1 is 1.21 bits per heavy atom. The fourth-order valence-corrected chi connectivity index (χ4v) is 7.46. The third kappa shape index (κ3) is 4.56. The predicted octanol–water partition coefficient (Wildman–Crippen LogP) is 4.38. The number of halogens is 1. The highest BCUT2D eigenvalue weighted by atomic mass is 35.5. The maximum Gasteiger partial charge on any atom is 0.234 e. The first-order valence-electron chi connectivity index (χ1n) is 9.32. The fourth-order valence-electron chi connectivity index (χ4n) is 3.52. The summed E-state index contributed by atoms with van der Waals surface area (Å²) in [6, 6.07) is 6.69. The summed E-state index contributed by atoms with van der Waals surface area (Å²) >= 11 is 8.99. The topological polar surface area (TPSA) is 76.1 Å². The molecule has 0 aliphatic heterocycles. The summed E-state index contributed by atoms with van der Waals surface area (Å²) in [5, 5.41) is 1.13. The number of hydrogen-bond acceptors (Lipinski definition) is 6. The van der Waals surface area contributed by atoms with Crippen LogP contribution >= 0.6 is 34.9 Å². The van der Waals surface area contributed by atoms with E-state index < -0.39 is 9.84 Å². The Morgan fingerprint density at radius 2 is 1.96 bits per heavy atom. The summed E-state index contributed by atoms with van der Waals surface area (Å²) in [5.41, 5.74) is 0.808. The number of benzene rings is 1. The molecule has 0 saturated heterocycles. The van der Waals surface area contributed by atoms with Crippen LogP contribution in [0.25, 0.3) is 0 Å². The highest BCUT2D eigenvalue weighted by Crippen LogP contribution is 2.42. The molecule has 2 saturated carbocycles. The van der Waals surface area contributed by atoms with Crippen LogP contribution in [0.5, 0.6) is 0 Å². The lowest BCUT2D eigenvalue weighted by Crippen LogP contribution is -2.23. The lowest BCUT2D eigenvalue weighted by Gasteiger charge is -2.17. The van der Waals surface area contributed by atoms with E-state index in [0.29, 0.717) is 20.4 Å². The number of nitrogens with one attached hydrogen (secondary N) is 1. The Hall–Kier alpha value is -1.09. The Balaban J connectivity index is 1.31. The van der Waals surface area contributed by atoms with E-state index in [1.807, 2.05) is 0 Å². The Labute approximate surface area is 178 Å². The maximum atomic E-state index is 12.3. The van der Waals surface area contributed by atoms with Crippen LogP contribution in [0.4, 0.5) is 0 Å². The zero-order valence-corrected chi connectivity index (χ0v) is 18.3. The highest BCUT2D eigenvalue weighted by Gasteiger charge is 2.36. The van der Waals surface area contributed by atoms with Gasteiger partial charge in [-0.25, -0.2) is 13.4 Å². The molecule has 1 aromatic carbocycles. The summed E-state index contributed by atoms with van der Waals surface area (Å²) in [6.07, 6.45) is 6.64. The van der Waals surface area contributed by atoms with Gasteiger partial charge in [-0.1, -0.05) is 30.2 Å². The van der Waals surface area contributed by atoms with Crippen molar-refractivity contribution in [1.29, 1.82) is 0 Å². The molecule has 2 aromatic rings. The molecule has 2 atom stereocenters. The van der Waals surface area contributed by atoms with Gasteiger partial charge in [0, 0.05) is 11.2 Å². The predicted molar refractivity (Wildman–Crippen MR) is 114 cm³/mol. The van der Waals surface area contributed by atoms with Gasteiger partial charge >= 0.3 is 0 Å². The van der Waals surface area contributed by atoms with Crippen LogP contribution in [0.3, 0.4) is 0 Å². The summed E-state index contributed by atoms with van der Waals surface area (Å²) in [5.74, 6) is 0.250. The third-order valence-corrected chi connectivity index (χ3v) is 9.91. The molecule has 150 valence electrons. The number of sulfone groups is 1. The van der Waals surface area contributed by atoms with Crippen molar-refractivity contribution in [3.63, 3.8) is 0 Å². The lowest BCUT2D eigenvalue weighted by molar-refractivity contribution is -0.118. The minimum absolute atomic E-state index is 0.0781. The van der Waals surface area contributed by atoms with Gasteiger partial charge in [0.15, 0.2) is 9.84 Å². The smallest absolute Gasteiger partial charge is 0.234 e. The Bertz CT molecular complexity index is 955. The average molecular weight is 457 g/mol. The van der Waals surface area contributed by atoms with E-state index in [0.717, 1.165) is 42.7 Å². The van der Waals surface area contributed by atoms with E-state index >= 15 is 0 Å². The van der Waals surface area contributed by atoms with Crippen LogP contribution in [0.2, 0.25) is 4.34 Å². The molecule has 4 rings (SSSR count). The molecule has 2 aliphatic rings. The third-order valence-electron chi connectivity index (χ3n) is 5.17. The molecule has 2 aliphatic carbocycles. The molecule has 28 heavy (non-hydrogen) atoms. The molecule has 0 bridgehead atoms. The standard InChI is InChI=1S/C19H21ClN2O3S3/c20-17-11-21-19(26-17)15-2-1-3-16(15)27-22-18(23)10-12-4-6-13(7-5-12)28(24,25)14-8-9-14/h4-7,11,14-16H,1-3,8-10H2,(H,22,23). The molecule has 0 radical (unpaired) electrons. The van der Waals surface area contributed by atoms with Gasteiger partial charge in [-0.05, 0) is 55.3 Å². The quantitative estimate of drug-likeness (QED) is 0.626. The van der Waals surface area contributed by atoms with Crippen LogP contribution in [0.1, 0.15) is 48.6 Å². The SMILES string of the molecule is O=C(Cc1ccc(S(=O)(=O)C2CC2)cc1)NSC1CCCC1c1ncc(Cl)s1. The van der Waals surface area contributed by atoms with E-state index in [4.69, 9.17) is 11.6 Å². The van der Waals surface area contributed by atoms with Gasteiger partial charge in [0.25, 0.3) is 0 Å². The minimum Gasteiger partial charge on any atom is -0.300 e. The fraction of sp³-hybridized carbons (Fsp3) is 0.474. The van der Waals surface area contributed by atoms with Crippen LogP contribution in [-0.2, 0) is 21.1 Å². The van der Waals surface area contributed by atoms with Crippen molar-refractivity contribution in [2.45, 2.75) is 59.8 Å². The number of hydrogen-bond donors (Lipinski definition) is 1. The average Bonchev–Trinajstić information content (AvgIpc) is 3.30. The molecule has 2 unspecified atom stereocenters. The van der Waals surface area contributed by atoms with Crippen molar-refractivity contribution in [3.05, 3.63) is 45.4 Å². The number of nitrogens with zero attached hydrogens (tertiary/aromatic N) is 1. The zero-order chi connectivity index (χ0) is 19.7. The second-order valence-electron chi connectivity index (χ2n) is 7.29. The van der Waals surface area contributed by atoms with Crippen LogP contribution in [-0.4, -0.2) is 29.8 Å². The summed E-state index contributed by atoms with van der Waals surface area (Å²) < 4.78 is 28.1. The second-order valence-corrected chi connectivity index (χ2v) is 12.3. The maximum absolute atomic E-state index is 12.3. The highest BCUT2D eigenvalue weighted by molar-refractivity contribution is 7.98. The number of amides is 1. The minimum atomic E-state index is -3.18. The van der Waals surface area contributed by atoms with Gasteiger partial charge in [-0.3, -0.25) is 9.52 Å². The number of rotatable bonds is 7. The van der Waals surface area contributed by atoms with Crippen LogP contribution < -0.4 is 4.72 Å². The number of carbonyl (C=O) groups excluding carboxylic acids is 1. The van der Waals surface area contributed by atoms with Gasteiger partial charge in [0.05, 0.1) is 27.8 Å². The van der Waals surface area contributed by atoms with E-state index in [1.54, 1.807) is 30.5 Å². The van der Waals surface area contributed by atoms with Crippen molar-refractivity contribution in [3.8, 4) is 0 Å². The molecular weight excluding hydrogens is 436 g/mol. The van der Waals surface area contributed by atoms with Gasteiger partial charge in [-0.15, -0.1) is 11.3 Å². The Kier molecular flexibility index (Phi) is 6.01. The number of aromatic nitrogens is 1. The van der Waals surface area contributed by atoms with Crippen molar-refractivity contribution in [2.75, 3.05) is 0 Å². The molecular formula is C19H21ClN2O3S3. The van der Waals surface area contributed by atoms with Crippen molar-refractivity contribution in [1.82, 2.24) is 9.71 Å². The first-order chi connectivity index (χ1) is 13.4. The van der Waals surface area contributed by atoms with Gasteiger partial charge in [0.2, 0.25) is 5.91 Å². The first-order valence-corrected chi connectivity index (χ1v) is 12.9. The van der Waals surface area contributed by atoms with Gasteiger partial charge in [0.1, 0.15) is 4.34 Å². The van der Waals surface area contributed by atoms with E-state index in [9.17, 15) is 13.2 Å². The van der Waals surface area contributed by atoms with Crippen LogP contribution in [0, 0.1) is 0 Å². The summed E-state index contributed by atoms with van der Waals surface area (Å²) in [4.78, 5) is 17.1. The van der Waals surface area contributed by atoms with Crippen molar-refractivity contribution >= 4 is 50.6 Å². The van der Waals surface area contributed by atoms with E-state index in [-0.39, 0.29) is 17.6 Å². The molecule has 0 spiro atoms. The van der Waals surface area contributed by atoms with Gasteiger partial charge in [-0.2, -0.15) is 0 Å².